The van der Waals surface area contributed by atoms with Crippen LogP contribution in [0.2, 0.25) is 0 Å². The molecule has 0 aromatic carbocycles. The summed E-state index contributed by atoms with van der Waals surface area (Å²) in [7, 11) is 0. The Morgan fingerprint density at radius 3 is 2.60 bits per heavy atom. The third-order valence-corrected chi connectivity index (χ3v) is 3.92. The highest BCUT2D eigenvalue weighted by atomic mass is 15.2. The lowest BCUT2D eigenvalue weighted by molar-refractivity contribution is 0.109. The van der Waals surface area contributed by atoms with Crippen molar-refractivity contribution in [3.8, 4) is 0 Å². The second kappa shape index (κ2) is 6.49. The molecule has 0 aliphatic carbocycles. The molecule has 1 heterocycles. The molecule has 0 aromatic heterocycles. The highest BCUT2D eigenvalue weighted by molar-refractivity contribution is 4.87. The molecule has 1 N–H and O–H groups in total. The molecule has 2 heteroatoms. The lowest BCUT2D eigenvalue weighted by Gasteiger charge is -2.42. The minimum atomic E-state index is 0.711. The smallest absolute Gasteiger partial charge is 0.0221 e. The van der Waals surface area contributed by atoms with Gasteiger partial charge in [0.2, 0.25) is 0 Å². The van der Waals surface area contributed by atoms with E-state index >= 15 is 0 Å². The van der Waals surface area contributed by atoms with Gasteiger partial charge in [-0.25, -0.2) is 0 Å². The molecule has 0 amide bonds. The fourth-order valence-corrected chi connectivity index (χ4v) is 2.55. The van der Waals surface area contributed by atoms with E-state index in [-0.39, 0.29) is 0 Å². The maximum Gasteiger partial charge on any atom is 0.0221 e. The summed E-state index contributed by atoms with van der Waals surface area (Å²) >= 11 is 0. The number of piperazine rings is 1. The van der Waals surface area contributed by atoms with E-state index < -0.39 is 0 Å². The number of rotatable bonds is 5. The van der Waals surface area contributed by atoms with Crippen molar-refractivity contribution in [2.45, 2.75) is 59.0 Å². The Kier molecular flexibility index (Phi) is 5.62. The molecule has 0 bridgehead atoms. The van der Waals surface area contributed by atoms with Crippen molar-refractivity contribution in [3.05, 3.63) is 0 Å². The average Bonchev–Trinajstić information content (AvgIpc) is 2.29. The van der Waals surface area contributed by atoms with Gasteiger partial charge >= 0.3 is 0 Å². The highest BCUT2D eigenvalue weighted by Crippen LogP contribution is 2.17. The van der Waals surface area contributed by atoms with Crippen LogP contribution in [0.5, 0.6) is 0 Å². The Hall–Kier alpha value is -0.0800. The van der Waals surface area contributed by atoms with E-state index in [2.05, 4.69) is 37.9 Å². The lowest BCUT2D eigenvalue weighted by Crippen LogP contribution is -2.58. The summed E-state index contributed by atoms with van der Waals surface area (Å²) in [5.74, 6) is 0.807. The molecule has 1 rings (SSSR count). The maximum atomic E-state index is 3.73. The Morgan fingerprint density at radius 2 is 2.07 bits per heavy atom. The van der Waals surface area contributed by atoms with E-state index in [1.807, 2.05) is 0 Å². The van der Waals surface area contributed by atoms with Crippen molar-refractivity contribution in [1.82, 2.24) is 10.2 Å². The molecule has 0 radical (unpaired) electrons. The SMILES string of the molecule is CCCC1CNC(C(C)CC)CN1CC. The first kappa shape index (κ1) is 13.0. The molecule has 90 valence electrons. The molecule has 1 saturated heterocycles. The summed E-state index contributed by atoms with van der Waals surface area (Å²) < 4.78 is 0. The van der Waals surface area contributed by atoms with Crippen LogP contribution >= 0.6 is 0 Å². The van der Waals surface area contributed by atoms with Crippen LogP contribution in [0.4, 0.5) is 0 Å². The topological polar surface area (TPSA) is 15.3 Å². The van der Waals surface area contributed by atoms with Crippen molar-refractivity contribution >= 4 is 0 Å². The molecule has 1 fully saturated rings. The molecule has 0 spiro atoms. The van der Waals surface area contributed by atoms with Crippen molar-refractivity contribution in [3.63, 3.8) is 0 Å². The first-order chi connectivity index (χ1) is 7.22. The van der Waals surface area contributed by atoms with Crippen molar-refractivity contribution < 1.29 is 0 Å². The third-order valence-electron chi connectivity index (χ3n) is 3.92. The van der Waals surface area contributed by atoms with Gasteiger partial charge in [0.1, 0.15) is 0 Å². The molecular weight excluding hydrogens is 184 g/mol. The number of nitrogens with zero attached hydrogens (tertiary/aromatic N) is 1. The van der Waals surface area contributed by atoms with E-state index in [0.29, 0.717) is 6.04 Å². The number of likely N-dealkylation sites (N-methyl/N-ethyl adjacent to an activating group) is 1. The number of hydrogen-bond donors (Lipinski definition) is 1. The van der Waals surface area contributed by atoms with E-state index in [1.165, 1.54) is 38.9 Å². The van der Waals surface area contributed by atoms with E-state index in [0.717, 1.165) is 12.0 Å². The minimum absolute atomic E-state index is 0.711. The minimum Gasteiger partial charge on any atom is -0.311 e. The monoisotopic (exact) mass is 212 g/mol. The van der Waals surface area contributed by atoms with Crippen LogP contribution < -0.4 is 5.32 Å². The average molecular weight is 212 g/mol. The molecule has 15 heavy (non-hydrogen) atoms. The van der Waals surface area contributed by atoms with Gasteiger partial charge in [-0.15, -0.1) is 0 Å². The zero-order valence-corrected chi connectivity index (χ0v) is 10.9. The van der Waals surface area contributed by atoms with Gasteiger partial charge in [-0.3, -0.25) is 4.90 Å². The van der Waals surface area contributed by atoms with Gasteiger partial charge in [0.15, 0.2) is 0 Å². The molecule has 0 aromatic rings. The summed E-state index contributed by atoms with van der Waals surface area (Å²) in [6.07, 6.45) is 3.93. The van der Waals surface area contributed by atoms with E-state index in [1.54, 1.807) is 0 Å². The summed E-state index contributed by atoms with van der Waals surface area (Å²) in [6, 6.07) is 1.49. The Bertz CT molecular complexity index is 170. The number of hydrogen-bond acceptors (Lipinski definition) is 2. The van der Waals surface area contributed by atoms with Crippen LogP contribution in [0.15, 0.2) is 0 Å². The van der Waals surface area contributed by atoms with Crippen LogP contribution in [0.3, 0.4) is 0 Å². The van der Waals surface area contributed by atoms with Crippen molar-refractivity contribution in [2.75, 3.05) is 19.6 Å². The van der Waals surface area contributed by atoms with Gasteiger partial charge in [0.05, 0.1) is 0 Å². The van der Waals surface area contributed by atoms with Gasteiger partial charge in [-0.05, 0) is 18.9 Å². The molecule has 0 saturated carbocycles. The second-order valence-electron chi connectivity index (χ2n) is 4.93. The summed E-state index contributed by atoms with van der Waals surface area (Å²) in [5, 5.41) is 3.73. The van der Waals surface area contributed by atoms with Crippen molar-refractivity contribution in [2.24, 2.45) is 5.92 Å². The standard InChI is InChI=1S/C13H28N2/c1-5-8-12-9-14-13(11(4)6-2)10-15(12)7-3/h11-14H,5-10H2,1-4H3. The van der Waals surface area contributed by atoms with Gasteiger partial charge in [0.25, 0.3) is 0 Å². The van der Waals surface area contributed by atoms with Crippen LogP contribution in [-0.2, 0) is 0 Å². The summed E-state index contributed by atoms with van der Waals surface area (Å²) in [5.41, 5.74) is 0. The molecule has 3 atom stereocenters. The zero-order chi connectivity index (χ0) is 11.3. The predicted octanol–water partition coefficient (Wildman–Crippen LogP) is 2.49. The second-order valence-corrected chi connectivity index (χ2v) is 4.93. The van der Waals surface area contributed by atoms with Gasteiger partial charge < -0.3 is 5.32 Å². The summed E-state index contributed by atoms with van der Waals surface area (Å²) in [6.45, 7) is 12.9. The predicted molar refractivity (Wildman–Crippen MR) is 67.2 cm³/mol. The third kappa shape index (κ3) is 3.46. The Balaban J connectivity index is 2.46. The van der Waals surface area contributed by atoms with Crippen molar-refractivity contribution in [1.29, 1.82) is 0 Å². The zero-order valence-electron chi connectivity index (χ0n) is 10.9. The summed E-state index contributed by atoms with van der Waals surface area (Å²) in [4.78, 5) is 2.66. The van der Waals surface area contributed by atoms with Crippen LogP contribution in [0, 0.1) is 5.92 Å². The van der Waals surface area contributed by atoms with Gasteiger partial charge in [0, 0.05) is 25.2 Å². The fraction of sp³-hybridized carbons (Fsp3) is 1.00. The van der Waals surface area contributed by atoms with Gasteiger partial charge in [-0.1, -0.05) is 40.5 Å². The maximum absolute atomic E-state index is 3.73. The molecular formula is C13H28N2. The lowest BCUT2D eigenvalue weighted by atomic mass is 9.94. The molecule has 2 nitrogen and oxygen atoms in total. The molecule has 3 unspecified atom stereocenters. The fourth-order valence-electron chi connectivity index (χ4n) is 2.55. The van der Waals surface area contributed by atoms with Crippen LogP contribution in [-0.4, -0.2) is 36.6 Å². The quantitative estimate of drug-likeness (QED) is 0.753. The van der Waals surface area contributed by atoms with E-state index in [4.69, 9.17) is 0 Å². The van der Waals surface area contributed by atoms with E-state index in [9.17, 15) is 0 Å². The van der Waals surface area contributed by atoms with Gasteiger partial charge in [-0.2, -0.15) is 0 Å². The first-order valence-electron chi connectivity index (χ1n) is 6.70. The highest BCUT2D eigenvalue weighted by Gasteiger charge is 2.28. The number of nitrogens with one attached hydrogen (secondary N) is 1. The normalized spacial score (nSPS) is 30.4. The van der Waals surface area contributed by atoms with Crippen LogP contribution in [0.1, 0.15) is 47.0 Å². The Labute approximate surface area is 95.4 Å². The molecule has 1 aliphatic heterocycles. The largest absolute Gasteiger partial charge is 0.311 e. The Morgan fingerprint density at radius 1 is 1.33 bits per heavy atom. The first-order valence-corrected chi connectivity index (χ1v) is 6.70. The van der Waals surface area contributed by atoms with Crippen LogP contribution in [0.25, 0.3) is 0 Å². The molecule has 1 aliphatic rings.